The van der Waals surface area contributed by atoms with Crippen molar-refractivity contribution in [3.63, 3.8) is 0 Å². The van der Waals surface area contributed by atoms with E-state index >= 15 is 0 Å². The van der Waals surface area contributed by atoms with Gasteiger partial charge >= 0.3 is 6.01 Å². The number of carbonyl (C=O) groups excluding carboxylic acids is 1. The molecule has 1 saturated heterocycles. The number of benzene rings is 2. The Morgan fingerprint density at radius 3 is 2.62 bits per heavy atom. The molecule has 1 aliphatic rings. The number of fused-ring (bicyclic) bond motifs is 1. The highest BCUT2D eigenvalue weighted by molar-refractivity contribution is 5.95. The second-order valence-corrected chi connectivity index (χ2v) is 13.5. The lowest BCUT2D eigenvalue weighted by molar-refractivity contribution is 0.0309. The van der Waals surface area contributed by atoms with E-state index < -0.39 is 0 Å². The first-order chi connectivity index (χ1) is 24.1. The average Bonchev–Trinajstić information content (AvgIpc) is 3.78. The van der Waals surface area contributed by atoms with Crippen molar-refractivity contribution in [1.29, 1.82) is 0 Å². The molecule has 5 heterocycles. The molecule has 2 aromatic carbocycles. The van der Waals surface area contributed by atoms with Gasteiger partial charge in [-0.05, 0) is 100 Å². The van der Waals surface area contributed by atoms with Crippen molar-refractivity contribution in [2.45, 2.75) is 58.7 Å². The maximum Gasteiger partial charge on any atom is 0.318 e. The van der Waals surface area contributed by atoms with Crippen molar-refractivity contribution >= 4 is 23.1 Å². The van der Waals surface area contributed by atoms with Gasteiger partial charge in [0.05, 0.1) is 25.0 Å². The van der Waals surface area contributed by atoms with Gasteiger partial charge in [0.15, 0.2) is 0 Å². The van der Waals surface area contributed by atoms with Gasteiger partial charge in [0.25, 0.3) is 5.91 Å². The van der Waals surface area contributed by atoms with Gasteiger partial charge in [-0.15, -0.1) is 5.10 Å². The maximum atomic E-state index is 13.9. The highest BCUT2D eigenvalue weighted by Crippen LogP contribution is 2.36. The van der Waals surface area contributed by atoms with Crippen molar-refractivity contribution in [3.8, 4) is 23.0 Å². The van der Waals surface area contributed by atoms with Crippen LogP contribution in [0.25, 0.3) is 16.9 Å². The first-order valence-corrected chi connectivity index (χ1v) is 16.7. The number of imidazole rings is 1. The van der Waals surface area contributed by atoms with Gasteiger partial charge in [0.1, 0.15) is 29.5 Å². The molecule has 0 spiro atoms. The van der Waals surface area contributed by atoms with Gasteiger partial charge in [-0.2, -0.15) is 4.98 Å². The summed E-state index contributed by atoms with van der Waals surface area (Å²) in [6, 6.07) is 19.7. The number of rotatable bonds is 9. The number of aromatic nitrogens is 7. The topological polar surface area (TPSA) is 116 Å². The number of hydrogen-bond donors (Lipinski definition) is 0. The Kier molecular flexibility index (Phi) is 8.69. The predicted molar refractivity (Wildman–Crippen MR) is 191 cm³/mol. The molecule has 12 nitrogen and oxygen atoms in total. The third-order valence-corrected chi connectivity index (χ3v) is 9.51. The molecule has 0 saturated carbocycles. The average molecular weight is 672 g/mol. The summed E-state index contributed by atoms with van der Waals surface area (Å²) < 4.78 is 15.1. The second kappa shape index (κ2) is 13.3. The number of methoxy groups -OCH3 is 1. The summed E-state index contributed by atoms with van der Waals surface area (Å²) in [6.45, 7) is 9.23. The number of piperidine rings is 1. The Morgan fingerprint density at radius 1 is 1.00 bits per heavy atom. The molecular formula is C38H41N9O3. The van der Waals surface area contributed by atoms with Crippen molar-refractivity contribution in [3.05, 3.63) is 108 Å². The molecule has 0 aliphatic carbocycles. The fraction of sp³-hybridized carbons (Fsp3) is 0.316. The Labute approximate surface area is 291 Å². The largest absolute Gasteiger partial charge is 0.487 e. The van der Waals surface area contributed by atoms with E-state index in [1.165, 1.54) is 5.56 Å². The van der Waals surface area contributed by atoms with Crippen molar-refractivity contribution in [1.82, 2.24) is 39.2 Å². The first-order valence-electron chi connectivity index (χ1n) is 16.7. The van der Waals surface area contributed by atoms with Crippen LogP contribution >= 0.6 is 0 Å². The number of ether oxygens (including phenoxy) is 2. The number of aryl methyl sites for hydroxylation is 2. The Hall–Kier alpha value is -5.78. The van der Waals surface area contributed by atoms with E-state index in [0.29, 0.717) is 36.3 Å². The number of pyridine rings is 1. The third kappa shape index (κ3) is 6.60. The number of amides is 1. The van der Waals surface area contributed by atoms with Gasteiger partial charge in [-0.1, -0.05) is 17.3 Å². The predicted octanol–water partition coefficient (Wildman–Crippen LogP) is 6.61. The quantitative estimate of drug-likeness (QED) is 0.167. The van der Waals surface area contributed by atoms with E-state index in [0.717, 1.165) is 46.7 Å². The molecule has 12 heteroatoms. The van der Waals surface area contributed by atoms with Crippen LogP contribution in [0.4, 0.5) is 11.5 Å². The summed E-state index contributed by atoms with van der Waals surface area (Å²) in [5.41, 5.74) is 6.97. The third-order valence-electron chi connectivity index (χ3n) is 9.51. The Balaban J connectivity index is 1.04. The van der Waals surface area contributed by atoms with Crippen molar-refractivity contribution in [2.24, 2.45) is 0 Å². The van der Waals surface area contributed by atoms with Gasteiger partial charge in [-0.3, -0.25) is 4.79 Å². The molecular weight excluding hydrogens is 630 g/mol. The van der Waals surface area contributed by atoms with E-state index in [-0.39, 0.29) is 17.5 Å². The highest BCUT2D eigenvalue weighted by Gasteiger charge is 2.38. The molecule has 0 radical (unpaired) electrons. The van der Waals surface area contributed by atoms with E-state index in [4.69, 9.17) is 9.47 Å². The fourth-order valence-corrected chi connectivity index (χ4v) is 6.43. The lowest BCUT2D eigenvalue weighted by atomic mass is 9.87. The minimum atomic E-state index is -0.313. The summed E-state index contributed by atoms with van der Waals surface area (Å²) in [7, 11) is 3.50. The Bertz CT molecular complexity index is 2150. The number of nitrogens with zero attached hydrogens (tertiary/aromatic N) is 9. The zero-order valence-corrected chi connectivity index (χ0v) is 29.2. The summed E-state index contributed by atoms with van der Waals surface area (Å²) >= 11 is 0. The van der Waals surface area contributed by atoms with Crippen LogP contribution in [0, 0.1) is 13.8 Å². The number of carbonyl (C=O) groups is 1. The molecule has 4 aromatic heterocycles. The summed E-state index contributed by atoms with van der Waals surface area (Å²) in [4.78, 5) is 31.1. The smallest absolute Gasteiger partial charge is 0.318 e. The van der Waals surface area contributed by atoms with Crippen molar-refractivity contribution < 1.29 is 14.3 Å². The normalized spacial score (nSPS) is 15.6. The van der Waals surface area contributed by atoms with Crippen LogP contribution in [0.15, 0.2) is 85.5 Å². The minimum Gasteiger partial charge on any atom is -0.487 e. The van der Waals surface area contributed by atoms with Crippen LogP contribution in [0.5, 0.6) is 11.8 Å². The molecule has 1 fully saturated rings. The molecule has 1 aliphatic heterocycles. The molecule has 6 aromatic rings. The summed E-state index contributed by atoms with van der Waals surface area (Å²) in [6.07, 6.45) is 9.40. The zero-order valence-electron chi connectivity index (χ0n) is 29.2. The first kappa shape index (κ1) is 32.8. The molecule has 0 bridgehead atoms. The van der Waals surface area contributed by atoms with Crippen LogP contribution in [-0.4, -0.2) is 71.4 Å². The SMILES string of the molecule is COc1nccc(N(C)c2ccc(C)c(-c3cn(C4CCC(C)(C)N(C(=O)c5ccc(OCc6cn7cc(C)ccc7n6)cc5)C4)nn3)c2)n1. The van der Waals surface area contributed by atoms with E-state index in [2.05, 4.69) is 65.1 Å². The maximum absolute atomic E-state index is 13.9. The van der Waals surface area contributed by atoms with Gasteiger partial charge < -0.3 is 23.7 Å². The van der Waals surface area contributed by atoms with Crippen LogP contribution in [0.3, 0.4) is 0 Å². The molecule has 256 valence electrons. The lowest BCUT2D eigenvalue weighted by Gasteiger charge is -2.45. The molecule has 0 N–H and O–H groups in total. The lowest BCUT2D eigenvalue weighted by Crippen LogP contribution is -2.53. The van der Waals surface area contributed by atoms with Crippen LogP contribution < -0.4 is 14.4 Å². The number of hydrogen-bond acceptors (Lipinski definition) is 9. The van der Waals surface area contributed by atoms with E-state index in [9.17, 15) is 4.79 Å². The van der Waals surface area contributed by atoms with Gasteiger partial charge in [-0.25, -0.2) is 14.6 Å². The number of anilines is 2. The van der Waals surface area contributed by atoms with E-state index in [1.807, 2.05) is 93.1 Å². The fourth-order valence-electron chi connectivity index (χ4n) is 6.43. The molecule has 7 rings (SSSR count). The van der Waals surface area contributed by atoms with E-state index in [1.54, 1.807) is 13.3 Å². The minimum absolute atomic E-state index is 0.00954. The summed E-state index contributed by atoms with van der Waals surface area (Å²) in [5.74, 6) is 1.38. The molecule has 50 heavy (non-hydrogen) atoms. The van der Waals surface area contributed by atoms with Crippen LogP contribution in [-0.2, 0) is 6.61 Å². The standard InChI is InChI=1S/C38H41N9O3/c1-25-7-14-35-40-28(21-45(35)20-25)24-50-31-12-9-27(10-13-31)36(48)46-22-30(15-17-38(46,3)4)47-23-33(42-43-47)32-19-29(11-8-26(32)2)44(5)34-16-18-39-37(41-34)49-6/h7-14,16,18-21,23,30H,15,17,22,24H2,1-6H3. The van der Waals surface area contributed by atoms with Crippen LogP contribution in [0.1, 0.15) is 59.9 Å². The highest BCUT2D eigenvalue weighted by atomic mass is 16.5. The monoisotopic (exact) mass is 671 g/mol. The van der Waals surface area contributed by atoms with Crippen molar-refractivity contribution in [2.75, 3.05) is 25.6 Å². The Morgan fingerprint density at radius 2 is 1.82 bits per heavy atom. The van der Waals surface area contributed by atoms with Gasteiger partial charge in [0, 0.05) is 54.5 Å². The zero-order chi connectivity index (χ0) is 35.0. The molecule has 1 atom stereocenters. The van der Waals surface area contributed by atoms with Gasteiger partial charge in [0.2, 0.25) is 0 Å². The summed E-state index contributed by atoms with van der Waals surface area (Å²) in [5, 5.41) is 9.14. The number of likely N-dealkylation sites (tertiary alicyclic amines) is 1. The van der Waals surface area contributed by atoms with Crippen LogP contribution in [0.2, 0.25) is 0 Å². The molecule has 1 unspecified atom stereocenters. The second-order valence-electron chi connectivity index (χ2n) is 13.5. The molecule has 1 amide bonds.